The van der Waals surface area contributed by atoms with Crippen molar-refractivity contribution in [3.63, 3.8) is 0 Å². The first-order valence-corrected chi connectivity index (χ1v) is 7.53. The fourth-order valence-corrected chi connectivity index (χ4v) is 4.35. The average molecular weight is 473 g/mol. The van der Waals surface area contributed by atoms with Crippen molar-refractivity contribution in [2.24, 2.45) is 0 Å². The van der Waals surface area contributed by atoms with Crippen LogP contribution in [0.5, 0.6) is 0 Å². The molecule has 0 aliphatic heterocycles. The van der Waals surface area contributed by atoms with E-state index in [0.717, 1.165) is 0 Å². The molecular weight excluding hydrogens is 464 g/mol. The summed E-state index contributed by atoms with van der Waals surface area (Å²) in [6.45, 7) is 1.28. The number of hydrogen-bond donors (Lipinski definition) is 3. The number of amides is 2. The summed E-state index contributed by atoms with van der Waals surface area (Å²) in [6.07, 6.45) is 0. The van der Waals surface area contributed by atoms with Crippen LogP contribution in [0.3, 0.4) is 0 Å². The minimum atomic E-state index is -1.24. The number of anilines is 1. The maximum Gasteiger partial charge on any atom is 0.338 e. The molecule has 0 fully saturated rings. The van der Waals surface area contributed by atoms with Crippen LogP contribution in [0, 0.1) is 0 Å². The molecule has 20 heavy (non-hydrogen) atoms. The van der Waals surface area contributed by atoms with Crippen molar-refractivity contribution in [2.75, 3.05) is 12.4 Å². The van der Waals surface area contributed by atoms with Crippen LogP contribution >= 0.6 is 47.8 Å². The van der Waals surface area contributed by atoms with Gasteiger partial charge in [-0.15, -0.1) is 0 Å². The Labute approximate surface area is 139 Å². The van der Waals surface area contributed by atoms with Crippen LogP contribution in [0.4, 0.5) is 5.69 Å². The van der Waals surface area contributed by atoms with Crippen molar-refractivity contribution in [1.82, 2.24) is 5.32 Å². The van der Waals surface area contributed by atoms with Crippen LogP contribution in [-0.2, 0) is 4.79 Å². The quantitative estimate of drug-likeness (QED) is 0.630. The molecule has 6 nitrogen and oxygen atoms in total. The highest BCUT2D eigenvalue weighted by atomic mass is 79.9. The van der Waals surface area contributed by atoms with Crippen LogP contribution in [0.1, 0.15) is 27.6 Å². The molecule has 0 radical (unpaired) electrons. The second-order valence-electron chi connectivity index (χ2n) is 3.63. The van der Waals surface area contributed by atoms with Crippen molar-refractivity contribution in [3.05, 3.63) is 24.5 Å². The summed E-state index contributed by atoms with van der Waals surface area (Å²) in [6, 6.07) is 0. The van der Waals surface area contributed by atoms with E-state index in [1.165, 1.54) is 14.0 Å². The molecule has 1 aromatic carbocycles. The Balaban J connectivity index is 3.78. The minimum Gasteiger partial charge on any atom is -0.478 e. The third-order valence-electron chi connectivity index (χ3n) is 2.29. The monoisotopic (exact) mass is 470 g/mol. The molecule has 0 aromatic heterocycles. The molecule has 0 aliphatic carbocycles. The van der Waals surface area contributed by atoms with Gasteiger partial charge in [-0.3, -0.25) is 9.59 Å². The number of carbonyl (C=O) groups excluding carboxylic acids is 2. The van der Waals surface area contributed by atoms with E-state index in [1.807, 2.05) is 0 Å². The molecular formula is C11H9Br3N2O4. The molecule has 0 spiro atoms. The third kappa shape index (κ3) is 3.21. The highest BCUT2D eigenvalue weighted by molar-refractivity contribution is 9.11. The van der Waals surface area contributed by atoms with E-state index in [4.69, 9.17) is 0 Å². The number of aromatic carboxylic acids is 1. The maximum atomic E-state index is 11.9. The van der Waals surface area contributed by atoms with Gasteiger partial charge in [0.1, 0.15) is 0 Å². The van der Waals surface area contributed by atoms with Gasteiger partial charge in [0.2, 0.25) is 5.91 Å². The first-order chi connectivity index (χ1) is 9.22. The lowest BCUT2D eigenvalue weighted by atomic mass is 10.1. The van der Waals surface area contributed by atoms with Gasteiger partial charge in [-0.2, -0.15) is 0 Å². The van der Waals surface area contributed by atoms with Crippen molar-refractivity contribution < 1.29 is 19.5 Å². The fourth-order valence-electron chi connectivity index (χ4n) is 1.46. The number of carboxylic acid groups (broad SMARTS) is 1. The van der Waals surface area contributed by atoms with Crippen LogP contribution < -0.4 is 10.6 Å². The Morgan fingerprint density at radius 3 is 1.90 bits per heavy atom. The van der Waals surface area contributed by atoms with Gasteiger partial charge in [0.25, 0.3) is 5.91 Å². The SMILES string of the molecule is CNC(=O)c1c(Br)c(NC(C)=O)c(Br)c(C(=O)O)c1Br. The number of rotatable bonds is 3. The lowest BCUT2D eigenvalue weighted by Gasteiger charge is -2.16. The molecule has 0 atom stereocenters. The van der Waals surface area contributed by atoms with Gasteiger partial charge in [0.15, 0.2) is 0 Å². The summed E-state index contributed by atoms with van der Waals surface area (Å²) in [5, 5.41) is 14.2. The number of halogens is 3. The third-order valence-corrected chi connectivity index (χ3v) is 4.66. The van der Waals surface area contributed by atoms with Gasteiger partial charge in [0, 0.05) is 18.4 Å². The Morgan fingerprint density at radius 2 is 1.50 bits per heavy atom. The summed E-state index contributed by atoms with van der Waals surface area (Å²) in [5.74, 6) is -2.13. The lowest BCUT2D eigenvalue weighted by molar-refractivity contribution is -0.114. The Kier molecular flexibility index (Phi) is 5.72. The number of hydrogen-bond acceptors (Lipinski definition) is 3. The van der Waals surface area contributed by atoms with E-state index < -0.39 is 17.8 Å². The molecule has 0 unspecified atom stereocenters. The van der Waals surface area contributed by atoms with Crippen molar-refractivity contribution >= 4 is 71.3 Å². The van der Waals surface area contributed by atoms with E-state index in [1.54, 1.807) is 0 Å². The molecule has 108 valence electrons. The van der Waals surface area contributed by atoms with E-state index in [0.29, 0.717) is 0 Å². The van der Waals surface area contributed by atoms with Crippen molar-refractivity contribution in [3.8, 4) is 0 Å². The first kappa shape index (κ1) is 17.1. The van der Waals surface area contributed by atoms with Gasteiger partial charge >= 0.3 is 5.97 Å². The molecule has 3 N–H and O–H groups in total. The molecule has 2 amide bonds. The number of carboxylic acids is 1. The van der Waals surface area contributed by atoms with Gasteiger partial charge in [-0.1, -0.05) is 0 Å². The molecule has 9 heteroatoms. The summed E-state index contributed by atoms with van der Waals surface area (Å²) in [4.78, 5) is 34.4. The second kappa shape index (κ2) is 6.68. The Bertz CT molecular complexity index is 616. The van der Waals surface area contributed by atoms with Crippen molar-refractivity contribution in [2.45, 2.75) is 6.92 Å². The average Bonchev–Trinajstić information content (AvgIpc) is 2.33. The molecule has 0 saturated carbocycles. The topological polar surface area (TPSA) is 95.5 Å². The minimum absolute atomic E-state index is 0.0804. The summed E-state index contributed by atoms with van der Waals surface area (Å²) >= 11 is 9.45. The van der Waals surface area contributed by atoms with Crippen LogP contribution in [0.2, 0.25) is 0 Å². The Morgan fingerprint density at radius 1 is 1.00 bits per heavy atom. The molecule has 0 heterocycles. The highest BCUT2D eigenvalue weighted by Gasteiger charge is 2.27. The van der Waals surface area contributed by atoms with Crippen LogP contribution in [0.15, 0.2) is 13.4 Å². The van der Waals surface area contributed by atoms with E-state index in [-0.39, 0.29) is 30.2 Å². The number of nitrogens with one attached hydrogen (secondary N) is 2. The maximum absolute atomic E-state index is 11.9. The van der Waals surface area contributed by atoms with Gasteiger partial charge < -0.3 is 15.7 Å². The van der Waals surface area contributed by atoms with Crippen LogP contribution in [-0.4, -0.2) is 29.9 Å². The molecule has 1 aromatic rings. The van der Waals surface area contributed by atoms with Gasteiger partial charge in [-0.25, -0.2) is 4.79 Å². The lowest BCUT2D eigenvalue weighted by Crippen LogP contribution is -2.21. The zero-order valence-electron chi connectivity index (χ0n) is 10.3. The van der Waals surface area contributed by atoms with Crippen LogP contribution in [0.25, 0.3) is 0 Å². The first-order valence-electron chi connectivity index (χ1n) is 5.15. The highest BCUT2D eigenvalue weighted by Crippen LogP contribution is 2.42. The summed E-state index contributed by atoms with van der Waals surface area (Å²) < 4.78 is 0.541. The fraction of sp³-hybridized carbons (Fsp3) is 0.182. The molecule has 0 saturated heterocycles. The number of carbonyl (C=O) groups is 3. The van der Waals surface area contributed by atoms with E-state index >= 15 is 0 Å². The normalized spacial score (nSPS) is 10.1. The predicted octanol–water partition coefficient (Wildman–Crippen LogP) is 2.99. The molecule has 0 aliphatic rings. The smallest absolute Gasteiger partial charge is 0.338 e. The zero-order chi connectivity index (χ0) is 15.6. The summed E-state index contributed by atoms with van der Waals surface area (Å²) in [5.41, 5.74) is 0.101. The second-order valence-corrected chi connectivity index (χ2v) is 6.01. The van der Waals surface area contributed by atoms with E-state index in [9.17, 15) is 19.5 Å². The van der Waals surface area contributed by atoms with Gasteiger partial charge in [0.05, 0.1) is 25.8 Å². The summed E-state index contributed by atoms with van der Waals surface area (Å²) in [7, 11) is 1.42. The van der Waals surface area contributed by atoms with Gasteiger partial charge in [-0.05, 0) is 47.8 Å². The molecule has 0 bridgehead atoms. The number of benzene rings is 1. The standard InChI is InChI=1S/C11H9Br3N2O4/c1-3(17)16-9-7(13)4(10(18)15-2)6(12)5(8(9)14)11(19)20/h1-2H3,(H,15,18)(H,16,17)(H,19,20). The molecule has 1 rings (SSSR count). The Hall–Kier alpha value is -0.930. The predicted molar refractivity (Wildman–Crippen MR) is 84.2 cm³/mol. The zero-order valence-corrected chi connectivity index (χ0v) is 15.1. The van der Waals surface area contributed by atoms with E-state index in [2.05, 4.69) is 58.4 Å². The largest absolute Gasteiger partial charge is 0.478 e. The van der Waals surface area contributed by atoms with Crippen molar-refractivity contribution in [1.29, 1.82) is 0 Å².